The summed E-state index contributed by atoms with van der Waals surface area (Å²) in [4.78, 5) is 4.15. The second-order valence-corrected chi connectivity index (χ2v) is 2.76. The summed E-state index contributed by atoms with van der Waals surface area (Å²) >= 11 is 0. The first-order valence-electron chi connectivity index (χ1n) is 4.54. The van der Waals surface area contributed by atoms with E-state index in [2.05, 4.69) is 10.3 Å². The van der Waals surface area contributed by atoms with E-state index >= 15 is 0 Å². The van der Waals surface area contributed by atoms with Gasteiger partial charge in [0.2, 0.25) is 0 Å². The number of nitrogens with one attached hydrogen (secondary N) is 1. The monoisotopic (exact) mass is 231 g/mol. The largest absolute Gasteiger partial charge is 0.413 e. The van der Waals surface area contributed by atoms with Crippen molar-refractivity contribution in [2.24, 2.45) is 0 Å². The van der Waals surface area contributed by atoms with E-state index in [1.165, 1.54) is 0 Å². The molecule has 0 unspecified atom stereocenters. The van der Waals surface area contributed by atoms with Gasteiger partial charge in [0, 0.05) is 26.9 Å². The fourth-order valence-electron chi connectivity index (χ4n) is 0.726. The Labute approximate surface area is 86.6 Å². The van der Waals surface area contributed by atoms with E-state index in [-0.39, 0.29) is 6.54 Å². The van der Waals surface area contributed by atoms with Crippen LogP contribution in [0.1, 0.15) is 6.42 Å². The van der Waals surface area contributed by atoms with Crippen LogP contribution in [-0.4, -0.2) is 46.3 Å². The van der Waals surface area contributed by atoms with Gasteiger partial charge in [0.15, 0.2) is 6.61 Å². The van der Waals surface area contributed by atoms with Crippen molar-refractivity contribution in [3.8, 4) is 0 Å². The maximum atomic E-state index is 11.6. The number of hydrogen-bond acceptors (Lipinski definition) is 4. The molecule has 15 heavy (non-hydrogen) atoms. The topological polar surface area (TPSA) is 39.7 Å². The summed E-state index contributed by atoms with van der Waals surface area (Å²) in [5.41, 5.74) is 2.16. The van der Waals surface area contributed by atoms with Gasteiger partial charge >= 0.3 is 6.18 Å². The van der Waals surface area contributed by atoms with Crippen LogP contribution in [0.25, 0.3) is 0 Å². The predicted molar refractivity (Wildman–Crippen MR) is 47.3 cm³/mol. The van der Waals surface area contributed by atoms with E-state index in [0.29, 0.717) is 19.8 Å². The fourth-order valence-corrected chi connectivity index (χ4v) is 0.726. The fraction of sp³-hybridized carbons (Fsp3) is 1.00. The quantitative estimate of drug-likeness (QED) is 0.477. The average molecular weight is 231 g/mol. The van der Waals surface area contributed by atoms with E-state index in [1.807, 2.05) is 0 Å². The molecular weight excluding hydrogens is 215 g/mol. The zero-order chi connectivity index (χ0) is 11.6. The Kier molecular flexibility index (Phi) is 8.68. The van der Waals surface area contributed by atoms with Crippen molar-refractivity contribution in [2.45, 2.75) is 12.6 Å². The molecule has 0 saturated carbocycles. The highest BCUT2D eigenvalue weighted by molar-refractivity contribution is 4.43. The highest BCUT2D eigenvalue weighted by Crippen LogP contribution is 2.13. The summed E-state index contributed by atoms with van der Waals surface area (Å²) in [6.07, 6.45) is -3.54. The van der Waals surface area contributed by atoms with E-state index < -0.39 is 12.8 Å². The van der Waals surface area contributed by atoms with Crippen LogP contribution in [0.2, 0.25) is 0 Å². The third-order valence-electron chi connectivity index (χ3n) is 1.32. The highest BCUT2D eigenvalue weighted by Gasteiger charge is 2.27. The molecule has 0 aromatic carbocycles. The summed E-state index contributed by atoms with van der Waals surface area (Å²) in [6, 6.07) is 0. The molecule has 4 nitrogen and oxygen atoms in total. The lowest BCUT2D eigenvalue weighted by Crippen LogP contribution is -2.27. The Morgan fingerprint density at radius 1 is 1.13 bits per heavy atom. The summed E-state index contributed by atoms with van der Waals surface area (Å²) in [5.74, 6) is 0. The minimum absolute atomic E-state index is 0.225. The molecule has 0 aromatic heterocycles. The van der Waals surface area contributed by atoms with Gasteiger partial charge in [-0.3, -0.25) is 4.84 Å². The Bertz CT molecular complexity index is 144. The smallest absolute Gasteiger partial charge is 0.385 e. The van der Waals surface area contributed by atoms with Gasteiger partial charge in [-0.1, -0.05) is 0 Å². The molecule has 0 aliphatic rings. The van der Waals surface area contributed by atoms with Gasteiger partial charge in [-0.05, 0) is 6.42 Å². The molecule has 0 saturated heterocycles. The van der Waals surface area contributed by atoms with Crippen molar-refractivity contribution >= 4 is 0 Å². The molecule has 0 atom stereocenters. The van der Waals surface area contributed by atoms with Crippen molar-refractivity contribution in [2.75, 3.05) is 40.1 Å². The van der Waals surface area contributed by atoms with Crippen LogP contribution in [0.5, 0.6) is 0 Å². The van der Waals surface area contributed by atoms with Gasteiger partial charge in [0.25, 0.3) is 0 Å². The van der Waals surface area contributed by atoms with Crippen LogP contribution in [0.4, 0.5) is 13.2 Å². The molecule has 0 radical (unpaired) electrons. The van der Waals surface area contributed by atoms with Crippen LogP contribution < -0.4 is 5.48 Å². The third-order valence-corrected chi connectivity index (χ3v) is 1.32. The molecule has 0 aromatic rings. The molecule has 0 aliphatic heterocycles. The lowest BCUT2D eigenvalue weighted by atomic mass is 10.5. The molecule has 1 N–H and O–H groups in total. The Balaban J connectivity index is 2.99. The van der Waals surface area contributed by atoms with Crippen molar-refractivity contribution in [1.29, 1.82) is 0 Å². The molecule has 0 aliphatic carbocycles. The molecule has 92 valence electrons. The second-order valence-electron chi connectivity index (χ2n) is 2.76. The summed E-state index contributed by atoms with van der Waals surface area (Å²) in [7, 11) is 1.59. The van der Waals surface area contributed by atoms with E-state index in [4.69, 9.17) is 9.47 Å². The van der Waals surface area contributed by atoms with Crippen LogP contribution >= 0.6 is 0 Å². The van der Waals surface area contributed by atoms with Gasteiger partial charge in [-0.25, -0.2) is 0 Å². The van der Waals surface area contributed by atoms with E-state index in [1.54, 1.807) is 7.11 Å². The zero-order valence-corrected chi connectivity index (χ0v) is 8.60. The van der Waals surface area contributed by atoms with Crippen LogP contribution in [0, 0.1) is 0 Å². The van der Waals surface area contributed by atoms with Gasteiger partial charge < -0.3 is 9.47 Å². The molecule has 0 fully saturated rings. The lowest BCUT2D eigenvalue weighted by molar-refractivity contribution is -0.190. The van der Waals surface area contributed by atoms with Crippen molar-refractivity contribution in [3.63, 3.8) is 0 Å². The first kappa shape index (κ1) is 14.6. The van der Waals surface area contributed by atoms with Crippen LogP contribution in [0.3, 0.4) is 0 Å². The highest BCUT2D eigenvalue weighted by atomic mass is 19.4. The Morgan fingerprint density at radius 3 is 2.47 bits per heavy atom. The number of methoxy groups -OCH3 is 1. The zero-order valence-electron chi connectivity index (χ0n) is 8.60. The molecule has 0 heterocycles. The summed E-state index contributed by atoms with van der Waals surface area (Å²) < 4.78 is 44.5. The van der Waals surface area contributed by atoms with Gasteiger partial charge in [0.1, 0.15) is 0 Å². The molecule has 0 bridgehead atoms. The Hall–Kier alpha value is -0.370. The van der Waals surface area contributed by atoms with Gasteiger partial charge in [0.05, 0.1) is 6.61 Å². The molecular formula is C8H16F3NO3. The summed E-state index contributed by atoms with van der Waals surface area (Å²) in [5, 5.41) is 0. The average Bonchev–Trinajstić information content (AvgIpc) is 2.14. The van der Waals surface area contributed by atoms with Gasteiger partial charge in [-0.15, -0.1) is 0 Å². The normalized spacial score (nSPS) is 12.0. The number of alkyl halides is 3. The first-order chi connectivity index (χ1) is 7.06. The minimum Gasteiger partial charge on any atom is -0.385 e. The van der Waals surface area contributed by atoms with Crippen molar-refractivity contribution in [1.82, 2.24) is 5.48 Å². The first-order valence-corrected chi connectivity index (χ1v) is 4.54. The SMILES string of the molecule is COCCCOCCNOCC(F)(F)F. The predicted octanol–water partition coefficient (Wildman–Crippen LogP) is 1.12. The number of halogens is 3. The number of hydrogen-bond donors (Lipinski definition) is 1. The maximum Gasteiger partial charge on any atom is 0.413 e. The van der Waals surface area contributed by atoms with E-state index in [0.717, 1.165) is 6.42 Å². The van der Waals surface area contributed by atoms with Gasteiger partial charge in [-0.2, -0.15) is 18.7 Å². The van der Waals surface area contributed by atoms with E-state index in [9.17, 15) is 13.2 Å². The standard InChI is InChI=1S/C8H16F3NO3/c1-13-4-2-5-14-6-3-12-15-7-8(9,10)11/h12H,2-7H2,1H3. The Morgan fingerprint density at radius 2 is 1.87 bits per heavy atom. The van der Waals surface area contributed by atoms with Crippen molar-refractivity contribution < 1.29 is 27.5 Å². The maximum absolute atomic E-state index is 11.6. The molecule has 7 heteroatoms. The molecule has 0 spiro atoms. The molecule has 0 rings (SSSR count). The molecule has 0 amide bonds. The van der Waals surface area contributed by atoms with Crippen LogP contribution in [-0.2, 0) is 14.3 Å². The minimum atomic E-state index is -4.30. The van der Waals surface area contributed by atoms with Crippen LogP contribution in [0.15, 0.2) is 0 Å². The lowest BCUT2D eigenvalue weighted by Gasteiger charge is -2.08. The number of ether oxygens (including phenoxy) is 2. The number of hydroxylamine groups is 1. The second kappa shape index (κ2) is 8.90. The third kappa shape index (κ3) is 13.6. The van der Waals surface area contributed by atoms with Crippen molar-refractivity contribution in [3.05, 3.63) is 0 Å². The summed E-state index contributed by atoms with van der Waals surface area (Å²) in [6.45, 7) is 0.369. The number of rotatable bonds is 9.